The number of aryl methyl sites for hydroxylation is 1. The van der Waals surface area contributed by atoms with Gasteiger partial charge in [0.15, 0.2) is 0 Å². The molecule has 1 aromatic rings. The van der Waals surface area contributed by atoms with Gasteiger partial charge in [0.25, 0.3) is 0 Å². The molecular weight excluding hydrogens is 222 g/mol. The van der Waals surface area contributed by atoms with Crippen LogP contribution < -0.4 is 5.32 Å². The summed E-state index contributed by atoms with van der Waals surface area (Å²) >= 11 is 0. The maximum atomic E-state index is 5.45. The van der Waals surface area contributed by atoms with Crippen LogP contribution in [0, 0.1) is 5.92 Å². The van der Waals surface area contributed by atoms with Gasteiger partial charge < -0.3 is 10.1 Å². The number of nitrogens with one attached hydrogen (secondary N) is 1. The fraction of sp³-hybridized carbons (Fsp3) is 0.625. The molecule has 2 rings (SSSR count). The predicted octanol–water partition coefficient (Wildman–Crippen LogP) is 3.32. The van der Waals surface area contributed by atoms with Crippen molar-refractivity contribution in [2.45, 2.75) is 44.8 Å². The number of hydrogen-bond donors (Lipinski definition) is 1. The molecule has 0 radical (unpaired) electrons. The summed E-state index contributed by atoms with van der Waals surface area (Å²) in [4.78, 5) is 0. The minimum absolute atomic E-state index is 0.344. The van der Waals surface area contributed by atoms with Crippen LogP contribution >= 0.6 is 0 Å². The van der Waals surface area contributed by atoms with Crippen LogP contribution in [-0.4, -0.2) is 20.3 Å². The van der Waals surface area contributed by atoms with Crippen molar-refractivity contribution in [3.8, 4) is 0 Å². The first-order valence-corrected chi connectivity index (χ1v) is 7.04. The van der Waals surface area contributed by atoms with Crippen molar-refractivity contribution in [3.05, 3.63) is 35.4 Å². The standard InChI is InChI=1S/C16H25NO/c1-12(18-3)11-14-9-6-8-13-7-4-5-10-15(13)16(14)17-2/h4-5,7,10,12,14,16-17H,6,8-9,11H2,1-3H3. The van der Waals surface area contributed by atoms with Crippen molar-refractivity contribution < 1.29 is 4.74 Å². The third-order valence-electron chi connectivity index (χ3n) is 4.23. The Kier molecular flexibility index (Phi) is 4.79. The first-order chi connectivity index (χ1) is 8.76. The second kappa shape index (κ2) is 6.35. The number of fused-ring (bicyclic) bond motifs is 1. The van der Waals surface area contributed by atoms with Gasteiger partial charge in [-0.1, -0.05) is 24.3 Å². The normalized spacial score (nSPS) is 25.3. The van der Waals surface area contributed by atoms with Crippen LogP contribution in [0.5, 0.6) is 0 Å². The molecule has 0 amide bonds. The minimum Gasteiger partial charge on any atom is -0.382 e. The van der Waals surface area contributed by atoms with Crippen LogP contribution in [0.1, 0.15) is 43.4 Å². The van der Waals surface area contributed by atoms with E-state index in [1.807, 2.05) is 7.11 Å². The van der Waals surface area contributed by atoms with Gasteiger partial charge in [-0.2, -0.15) is 0 Å². The average Bonchev–Trinajstić information content (AvgIpc) is 2.57. The van der Waals surface area contributed by atoms with Gasteiger partial charge in [0.1, 0.15) is 0 Å². The highest BCUT2D eigenvalue weighted by Gasteiger charge is 2.27. The quantitative estimate of drug-likeness (QED) is 0.824. The van der Waals surface area contributed by atoms with E-state index in [0.29, 0.717) is 18.1 Å². The van der Waals surface area contributed by atoms with Crippen LogP contribution in [-0.2, 0) is 11.2 Å². The summed E-state index contributed by atoms with van der Waals surface area (Å²) in [6, 6.07) is 9.35. The van der Waals surface area contributed by atoms with Crippen LogP contribution in [0.25, 0.3) is 0 Å². The molecule has 3 atom stereocenters. The lowest BCUT2D eigenvalue weighted by molar-refractivity contribution is 0.0863. The summed E-state index contributed by atoms with van der Waals surface area (Å²) in [6.07, 6.45) is 5.27. The zero-order valence-corrected chi connectivity index (χ0v) is 11.8. The molecule has 1 aliphatic rings. The molecule has 2 nitrogen and oxygen atoms in total. The highest BCUT2D eigenvalue weighted by atomic mass is 16.5. The molecule has 1 N–H and O–H groups in total. The highest BCUT2D eigenvalue weighted by molar-refractivity contribution is 5.31. The topological polar surface area (TPSA) is 21.3 Å². The Hall–Kier alpha value is -0.860. The van der Waals surface area contributed by atoms with E-state index >= 15 is 0 Å². The summed E-state index contributed by atoms with van der Waals surface area (Å²) in [5.41, 5.74) is 3.01. The fourth-order valence-corrected chi connectivity index (χ4v) is 3.21. The van der Waals surface area contributed by atoms with Gasteiger partial charge in [-0.25, -0.2) is 0 Å². The van der Waals surface area contributed by atoms with Crippen molar-refractivity contribution in [2.75, 3.05) is 14.2 Å². The Bertz CT molecular complexity index is 377. The summed E-state index contributed by atoms with van der Waals surface area (Å²) < 4.78 is 5.45. The average molecular weight is 247 g/mol. The Morgan fingerprint density at radius 3 is 2.89 bits per heavy atom. The van der Waals surface area contributed by atoms with Gasteiger partial charge in [0.2, 0.25) is 0 Å². The first-order valence-electron chi connectivity index (χ1n) is 7.04. The van der Waals surface area contributed by atoms with E-state index < -0.39 is 0 Å². The van der Waals surface area contributed by atoms with Crippen molar-refractivity contribution in [2.24, 2.45) is 5.92 Å². The van der Waals surface area contributed by atoms with Crippen LogP contribution in [0.2, 0.25) is 0 Å². The van der Waals surface area contributed by atoms with E-state index in [9.17, 15) is 0 Å². The Morgan fingerprint density at radius 2 is 2.17 bits per heavy atom. The molecule has 0 aliphatic heterocycles. The lowest BCUT2D eigenvalue weighted by Gasteiger charge is -2.28. The molecule has 2 heteroatoms. The molecule has 1 aromatic carbocycles. The van der Waals surface area contributed by atoms with Gasteiger partial charge in [-0.15, -0.1) is 0 Å². The van der Waals surface area contributed by atoms with Crippen molar-refractivity contribution in [1.29, 1.82) is 0 Å². The van der Waals surface area contributed by atoms with Crippen molar-refractivity contribution in [1.82, 2.24) is 5.32 Å². The lowest BCUT2D eigenvalue weighted by atomic mass is 9.87. The zero-order valence-electron chi connectivity index (χ0n) is 11.8. The maximum absolute atomic E-state index is 5.45. The lowest BCUT2D eigenvalue weighted by Crippen LogP contribution is -2.27. The first kappa shape index (κ1) is 13.6. The second-order valence-corrected chi connectivity index (χ2v) is 5.40. The van der Waals surface area contributed by atoms with Gasteiger partial charge in [-0.05, 0) is 56.7 Å². The monoisotopic (exact) mass is 247 g/mol. The SMILES string of the molecule is CNC1c2ccccc2CCCC1CC(C)OC. The van der Waals surface area contributed by atoms with Gasteiger partial charge in [-0.3, -0.25) is 0 Å². The highest BCUT2D eigenvalue weighted by Crippen LogP contribution is 2.35. The minimum atomic E-state index is 0.344. The molecular formula is C16H25NO. The van der Waals surface area contributed by atoms with E-state index in [1.165, 1.54) is 30.4 Å². The van der Waals surface area contributed by atoms with Crippen LogP contribution in [0.4, 0.5) is 0 Å². The molecule has 0 spiro atoms. The Balaban J connectivity index is 2.22. The van der Waals surface area contributed by atoms with Crippen LogP contribution in [0.3, 0.4) is 0 Å². The fourth-order valence-electron chi connectivity index (χ4n) is 3.21. The van der Waals surface area contributed by atoms with E-state index in [0.717, 1.165) is 6.42 Å². The van der Waals surface area contributed by atoms with Crippen molar-refractivity contribution >= 4 is 0 Å². The predicted molar refractivity (Wildman–Crippen MR) is 75.8 cm³/mol. The molecule has 0 bridgehead atoms. The molecule has 0 fully saturated rings. The number of ether oxygens (including phenoxy) is 1. The van der Waals surface area contributed by atoms with Gasteiger partial charge in [0.05, 0.1) is 6.10 Å². The summed E-state index contributed by atoms with van der Waals surface area (Å²) in [6.45, 7) is 2.17. The number of benzene rings is 1. The third kappa shape index (κ3) is 2.93. The largest absolute Gasteiger partial charge is 0.382 e. The van der Waals surface area contributed by atoms with E-state index in [-0.39, 0.29) is 0 Å². The van der Waals surface area contributed by atoms with E-state index in [2.05, 4.69) is 43.6 Å². The Labute approximate surface area is 111 Å². The summed E-state index contributed by atoms with van der Waals surface area (Å²) in [7, 11) is 3.89. The second-order valence-electron chi connectivity index (χ2n) is 5.40. The van der Waals surface area contributed by atoms with Crippen molar-refractivity contribution in [3.63, 3.8) is 0 Å². The molecule has 0 saturated carbocycles. The molecule has 0 saturated heterocycles. The summed E-state index contributed by atoms with van der Waals surface area (Å²) in [5.74, 6) is 0.675. The number of rotatable bonds is 4. The third-order valence-corrected chi connectivity index (χ3v) is 4.23. The van der Waals surface area contributed by atoms with Crippen LogP contribution in [0.15, 0.2) is 24.3 Å². The zero-order chi connectivity index (χ0) is 13.0. The molecule has 3 unspecified atom stereocenters. The van der Waals surface area contributed by atoms with Gasteiger partial charge >= 0.3 is 0 Å². The van der Waals surface area contributed by atoms with Gasteiger partial charge in [0, 0.05) is 13.2 Å². The van der Waals surface area contributed by atoms with E-state index in [4.69, 9.17) is 4.74 Å². The molecule has 18 heavy (non-hydrogen) atoms. The molecule has 0 aromatic heterocycles. The number of methoxy groups -OCH3 is 1. The van der Waals surface area contributed by atoms with E-state index in [1.54, 1.807) is 0 Å². The maximum Gasteiger partial charge on any atom is 0.0546 e. The summed E-state index contributed by atoms with van der Waals surface area (Å²) in [5, 5.41) is 3.52. The number of hydrogen-bond acceptors (Lipinski definition) is 2. The molecule has 0 heterocycles. The smallest absolute Gasteiger partial charge is 0.0546 e. The molecule has 100 valence electrons. The Morgan fingerprint density at radius 1 is 1.39 bits per heavy atom. The molecule has 1 aliphatic carbocycles.